The molecule has 5 heteroatoms. The summed E-state index contributed by atoms with van der Waals surface area (Å²) in [7, 11) is 1.54. The molecule has 1 aliphatic heterocycles. The zero-order valence-electron chi connectivity index (χ0n) is 9.61. The SMILES string of the molecule is CO[C@@H]1C[C@](C)(NC(C)=O)[C@H](O)[C@@H](C)O1. The highest BCUT2D eigenvalue weighted by molar-refractivity contribution is 5.73. The molecule has 1 rings (SSSR count). The molecule has 2 N–H and O–H groups in total. The number of methoxy groups -OCH3 is 1. The Kier molecular flexibility index (Phi) is 3.70. The van der Waals surface area contributed by atoms with E-state index in [1.807, 2.05) is 0 Å². The lowest BCUT2D eigenvalue weighted by atomic mass is 9.85. The average Bonchev–Trinajstić information content (AvgIpc) is 2.12. The summed E-state index contributed by atoms with van der Waals surface area (Å²) < 4.78 is 10.5. The van der Waals surface area contributed by atoms with Gasteiger partial charge in [0.25, 0.3) is 0 Å². The molecule has 15 heavy (non-hydrogen) atoms. The molecular weight excluding hydrogens is 198 g/mol. The number of carbonyl (C=O) groups is 1. The van der Waals surface area contributed by atoms with Crippen LogP contribution in [-0.2, 0) is 14.3 Å². The van der Waals surface area contributed by atoms with Crippen molar-refractivity contribution in [2.24, 2.45) is 0 Å². The Labute approximate surface area is 89.8 Å². The van der Waals surface area contributed by atoms with Gasteiger partial charge in [-0.05, 0) is 13.8 Å². The Bertz CT molecular complexity index is 246. The fourth-order valence-corrected chi connectivity index (χ4v) is 2.01. The van der Waals surface area contributed by atoms with Crippen molar-refractivity contribution in [3.63, 3.8) is 0 Å². The molecule has 0 aromatic heterocycles. The molecule has 1 fully saturated rings. The average molecular weight is 217 g/mol. The van der Waals surface area contributed by atoms with Crippen LogP contribution >= 0.6 is 0 Å². The van der Waals surface area contributed by atoms with Gasteiger partial charge >= 0.3 is 0 Å². The van der Waals surface area contributed by atoms with Gasteiger partial charge in [0.2, 0.25) is 5.91 Å². The van der Waals surface area contributed by atoms with Crippen molar-refractivity contribution >= 4 is 5.91 Å². The number of nitrogens with one attached hydrogen (secondary N) is 1. The minimum Gasteiger partial charge on any atom is -0.388 e. The van der Waals surface area contributed by atoms with Gasteiger partial charge in [-0.3, -0.25) is 4.79 Å². The Morgan fingerprint density at radius 2 is 2.27 bits per heavy atom. The molecule has 0 aromatic carbocycles. The summed E-state index contributed by atoms with van der Waals surface area (Å²) in [5.74, 6) is -0.166. The Balaban J connectivity index is 2.78. The number of carbonyl (C=O) groups excluding carboxylic acids is 1. The van der Waals surface area contributed by atoms with E-state index in [2.05, 4.69) is 5.32 Å². The van der Waals surface area contributed by atoms with E-state index in [4.69, 9.17) is 9.47 Å². The monoisotopic (exact) mass is 217 g/mol. The molecular formula is C10H19NO4. The van der Waals surface area contributed by atoms with E-state index in [0.717, 1.165) is 0 Å². The smallest absolute Gasteiger partial charge is 0.217 e. The van der Waals surface area contributed by atoms with Crippen LogP contribution in [0.2, 0.25) is 0 Å². The van der Waals surface area contributed by atoms with Crippen LogP contribution in [0.1, 0.15) is 27.2 Å². The normalized spacial score (nSPS) is 41.3. The predicted octanol–water partition coefficient (Wildman–Crippen LogP) is 0.0234. The maximum atomic E-state index is 11.1. The molecule has 0 bridgehead atoms. The van der Waals surface area contributed by atoms with Crippen molar-refractivity contribution in [2.45, 2.75) is 51.2 Å². The van der Waals surface area contributed by atoms with Crippen molar-refractivity contribution in [3.05, 3.63) is 0 Å². The lowest BCUT2D eigenvalue weighted by Crippen LogP contribution is -2.63. The van der Waals surface area contributed by atoms with Crippen LogP contribution in [0.25, 0.3) is 0 Å². The lowest BCUT2D eigenvalue weighted by molar-refractivity contribution is -0.231. The van der Waals surface area contributed by atoms with E-state index in [1.54, 1.807) is 21.0 Å². The van der Waals surface area contributed by atoms with Gasteiger partial charge in [0.1, 0.15) is 6.10 Å². The highest BCUT2D eigenvalue weighted by Crippen LogP contribution is 2.29. The maximum absolute atomic E-state index is 11.1. The minimum absolute atomic E-state index is 0.166. The number of amides is 1. The molecule has 5 nitrogen and oxygen atoms in total. The summed E-state index contributed by atoms with van der Waals surface area (Å²) in [6.07, 6.45) is -1.04. The third-order valence-electron chi connectivity index (χ3n) is 2.78. The van der Waals surface area contributed by atoms with Crippen molar-refractivity contribution in [1.82, 2.24) is 5.32 Å². The topological polar surface area (TPSA) is 67.8 Å². The van der Waals surface area contributed by atoms with Crippen LogP contribution < -0.4 is 5.32 Å². The fourth-order valence-electron chi connectivity index (χ4n) is 2.01. The van der Waals surface area contributed by atoms with Crippen LogP contribution in [0.5, 0.6) is 0 Å². The number of hydrogen-bond acceptors (Lipinski definition) is 4. The second kappa shape index (κ2) is 4.47. The largest absolute Gasteiger partial charge is 0.388 e. The van der Waals surface area contributed by atoms with E-state index in [-0.39, 0.29) is 18.3 Å². The third kappa shape index (κ3) is 2.68. The zero-order valence-corrected chi connectivity index (χ0v) is 9.61. The quantitative estimate of drug-likeness (QED) is 0.684. The molecule has 4 atom stereocenters. The van der Waals surface area contributed by atoms with Gasteiger partial charge in [-0.25, -0.2) is 0 Å². The molecule has 0 aliphatic carbocycles. The highest BCUT2D eigenvalue weighted by atomic mass is 16.7. The van der Waals surface area contributed by atoms with Gasteiger partial charge in [0.15, 0.2) is 6.29 Å². The summed E-state index contributed by atoms with van der Waals surface area (Å²) in [6.45, 7) is 4.99. The van der Waals surface area contributed by atoms with Crippen molar-refractivity contribution in [3.8, 4) is 0 Å². The van der Waals surface area contributed by atoms with E-state index in [9.17, 15) is 9.90 Å². The molecule has 1 saturated heterocycles. The Hall–Kier alpha value is -0.650. The molecule has 0 spiro atoms. The molecule has 1 amide bonds. The number of aliphatic hydroxyl groups excluding tert-OH is 1. The molecule has 1 aliphatic rings. The molecule has 88 valence electrons. The molecule has 0 saturated carbocycles. The first-order chi connectivity index (χ1) is 6.89. The van der Waals surface area contributed by atoms with Gasteiger partial charge in [-0.2, -0.15) is 0 Å². The molecule has 0 aromatic rings. The van der Waals surface area contributed by atoms with Crippen molar-refractivity contribution in [2.75, 3.05) is 7.11 Å². The first-order valence-corrected chi connectivity index (χ1v) is 5.04. The van der Waals surface area contributed by atoms with Crippen LogP contribution in [0.4, 0.5) is 0 Å². The molecule has 0 unspecified atom stereocenters. The second-order valence-corrected chi connectivity index (χ2v) is 4.25. The van der Waals surface area contributed by atoms with Crippen molar-refractivity contribution < 1.29 is 19.4 Å². The van der Waals surface area contributed by atoms with E-state index < -0.39 is 11.6 Å². The standard InChI is InChI=1S/C10H19NO4/c1-6-9(13)10(3,11-7(2)12)5-8(14-4)15-6/h6,8-9,13H,5H2,1-4H3,(H,11,12)/t6-,8+,9-,10+/m1/s1. The van der Waals surface area contributed by atoms with Gasteiger partial charge in [-0.1, -0.05) is 0 Å². The van der Waals surface area contributed by atoms with Crippen LogP contribution in [0.3, 0.4) is 0 Å². The first-order valence-electron chi connectivity index (χ1n) is 5.04. The second-order valence-electron chi connectivity index (χ2n) is 4.25. The predicted molar refractivity (Wildman–Crippen MR) is 54.2 cm³/mol. The van der Waals surface area contributed by atoms with E-state index in [1.165, 1.54) is 6.92 Å². The Morgan fingerprint density at radius 1 is 1.67 bits per heavy atom. The van der Waals surface area contributed by atoms with Gasteiger partial charge in [-0.15, -0.1) is 0 Å². The number of rotatable bonds is 2. The number of aliphatic hydroxyl groups is 1. The summed E-state index contributed by atoms with van der Waals surface area (Å²) in [4.78, 5) is 11.1. The molecule has 0 radical (unpaired) electrons. The fraction of sp³-hybridized carbons (Fsp3) is 0.900. The summed E-state index contributed by atoms with van der Waals surface area (Å²) in [6, 6.07) is 0. The van der Waals surface area contributed by atoms with Gasteiger partial charge < -0.3 is 19.9 Å². The number of ether oxygens (including phenoxy) is 2. The van der Waals surface area contributed by atoms with Crippen LogP contribution in [-0.4, -0.2) is 42.2 Å². The maximum Gasteiger partial charge on any atom is 0.217 e. The third-order valence-corrected chi connectivity index (χ3v) is 2.78. The van der Waals surface area contributed by atoms with Crippen molar-refractivity contribution in [1.29, 1.82) is 0 Å². The highest BCUT2D eigenvalue weighted by Gasteiger charge is 2.45. The zero-order chi connectivity index (χ0) is 11.6. The van der Waals surface area contributed by atoms with Crippen LogP contribution in [0.15, 0.2) is 0 Å². The summed E-state index contributed by atoms with van der Waals surface area (Å²) >= 11 is 0. The molecule has 1 heterocycles. The minimum atomic E-state index is -0.729. The lowest BCUT2D eigenvalue weighted by Gasteiger charge is -2.45. The summed E-state index contributed by atoms with van der Waals surface area (Å²) in [5, 5.41) is 12.7. The van der Waals surface area contributed by atoms with Gasteiger partial charge in [0, 0.05) is 20.5 Å². The van der Waals surface area contributed by atoms with E-state index >= 15 is 0 Å². The van der Waals surface area contributed by atoms with Gasteiger partial charge in [0.05, 0.1) is 11.6 Å². The van der Waals surface area contributed by atoms with E-state index in [0.29, 0.717) is 6.42 Å². The first kappa shape index (κ1) is 12.4. The van der Waals surface area contributed by atoms with Crippen LogP contribution in [0, 0.1) is 0 Å². The Morgan fingerprint density at radius 3 is 2.73 bits per heavy atom. The number of hydrogen-bond donors (Lipinski definition) is 2. The summed E-state index contributed by atoms with van der Waals surface area (Å²) in [5.41, 5.74) is -0.690.